The second-order valence-corrected chi connectivity index (χ2v) is 4.88. The number of nitrogens with two attached hydrogens (primary N) is 1. The van der Waals surface area contributed by atoms with Crippen molar-refractivity contribution >= 4 is 0 Å². The van der Waals surface area contributed by atoms with E-state index in [2.05, 4.69) is 0 Å². The maximum absolute atomic E-state index is 13.8. The van der Waals surface area contributed by atoms with Gasteiger partial charge >= 0.3 is 0 Å². The number of methoxy groups -OCH3 is 1. The van der Waals surface area contributed by atoms with Crippen LogP contribution in [0.5, 0.6) is 5.75 Å². The van der Waals surface area contributed by atoms with Crippen molar-refractivity contribution in [2.75, 3.05) is 13.7 Å². The molecule has 0 aromatic heterocycles. The predicted octanol–water partition coefficient (Wildman–Crippen LogP) is 3.11. The number of halogens is 1. The Balaban J connectivity index is 2.52. The number of hydrogen-bond donors (Lipinski definition) is 1. The molecule has 0 radical (unpaired) electrons. The highest BCUT2D eigenvalue weighted by Gasteiger charge is 2.40. The molecule has 0 saturated heterocycles. The van der Waals surface area contributed by atoms with Gasteiger partial charge in [-0.15, -0.1) is 0 Å². The van der Waals surface area contributed by atoms with Crippen molar-refractivity contribution in [1.29, 1.82) is 0 Å². The molecule has 1 aliphatic carbocycles. The lowest BCUT2D eigenvalue weighted by molar-refractivity contribution is 0.242. The molecule has 2 nitrogen and oxygen atoms in total. The second kappa shape index (κ2) is 4.65. The van der Waals surface area contributed by atoms with E-state index in [1.807, 2.05) is 18.2 Å². The van der Waals surface area contributed by atoms with Gasteiger partial charge in [-0.3, -0.25) is 0 Å². The minimum atomic E-state index is -1.02. The van der Waals surface area contributed by atoms with E-state index in [0.29, 0.717) is 17.9 Å². The van der Waals surface area contributed by atoms with Gasteiger partial charge in [0.05, 0.1) is 7.11 Å². The average molecular weight is 237 g/mol. The first-order chi connectivity index (χ1) is 8.14. The lowest BCUT2D eigenvalue weighted by Crippen LogP contribution is -2.42. The zero-order chi connectivity index (χ0) is 12.5. The van der Waals surface area contributed by atoms with Crippen LogP contribution in [-0.4, -0.2) is 13.7 Å². The molecular weight excluding hydrogens is 217 g/mol. The third-order valence-corrected chi connectivity index (χ3v) is 3.96. The van der Waals surface area contributed by atoms with E-state index in [1.165, 1.54) is 6.42 Å². The summed E-state index contributed by atoms with van der Waals surface area (Å²) in [5.74, 6) is 0.636. The molecule has 1 aliphatic rings. The Labute approximate surface area is 102 Å². The van der Waals surface area contributed by atoms with Gasteiger partial charge in [-0.1, -0.05) is 18.6 Å². The van der Waals surface area contributed by atoms with Crippen LogP contribution < -0.4 is 10.5 Å². The lowest BCUT2D eigenvalue weighted by Gasteiger charge is -2.43. The minimum absolute atomic E-state index is 0.0236. The summed E-state index contributed by atoms with van der Waals surface area (Å²) >= 11 is 0. The minimum Gasteiger partial charge on any atom is -0.496 e. The van der Waals surface area contributed by atoms with Gasteiger partial charge in [0.25, 0.3) is 0 Å². The Kier molecular flexibility index (Phi) is 3.38. The fraction of sp³-hybridized carbons (Fsp3) is 0.571. The van der Waals surface area contributed by atoms with Gasteiger partial charge < -0.3 is 10.5 Å². The molecule has 0 heterocycles. The number of alkyl halides is 1. The molecule has 2 N–H and O–H groups in total. The molecule has 3 heteroatoms. The normalized spacial score (nSPS) is 19.5. The zero-order valence-corrected chi connectivity index (χ0v) is 10.5. The molecule has 94 valence electrons. The van der Waals surface area contributed by atoms with Crippen molar-refractivity contribution in [2.24, 2.45) is 5.73 Å². The van der Waals surface area contributed by atoms with Crippen LogP contribution in [0, 0.1) is 0 Å². The number of ether oxygens (including phenoxy) is 1. The van der Waals surface area contributed by atoms with Crippen LogP contribution in [0.1, 0.15) is 43.5 Å². The van der Waals surface area contributed by atoms with E-state index in [-0.39, 0.29) is 5.41 Å². The van der Waals surface area contributed by atoms with Crippen molar-refractivity contribution < 1.29 is 9.13 Å². The SMILES string of the molecule is COc1cccc(C2(CN)CCC2)c1C(C)F. The van der Waals surface area contributed by atoms with Crippen LogP contribution in [0.4, 0.5) is 4.39 Å². The van der Waals surface area contributed by atoms with Crippen molar-refractivity contribution in [3.63, 3.8) is 0 Å². The van der Waals surface area contributed by atoms with E-state index in [0.717, 1.165) is 18.4 Å². The second-order valence-electron chi connectivity index (χ2n) is 4.88. The molecule has 2 rings (SSSR count). The van der Waals surface area contributed by atoms with Crippen LogP contribution in [0.15, 0.2) is 18.2 Å². The molecule has 1 unspecified atom stereocenters. The van der Waals surface area contributed by atoms with E-state index in [4.69, 9.17) is 10.5 Å². The summed E-state index contributed by atoms with van der Waals surface area (Å²) < 4.78 is 19.1. The van der Waals surface area contributed by atoms with Crippen molar-refractivity contribution in [3.05, 3.63) is 29.3 Å². The molecule has 0 aliphatic heterocycles. The maximum Gasteiger partial charge on any atom is 0.126 e. The molecule has 0 spiro atoms. The summed E-state index contributed by atoms with van der Waals surface area (Å²) in [4.78, 5) is 0. The van der Waals surface area contributed by atoms with Crippen LogP contribution in [-0.2, 0) is 5.41 Å². The molecule has 1 saturated carbocycles. The van der Waals surface area contributed by atoms with Gasteiger partial charge in [0.2, 0.25) is 0 Å². The third kappa shape index (κ3) is 1.93. The molecule has 1 atom stereocenters. The van der Waals surface area contributed by atoms with Gasteiger partial charge in [-0.2, -0.15) is 0 Å². The van der Waals surface area contributed by atoms with E-state index < -0.39 is 6.17 Å². The molecule has 0 bridgehead atoms. The maximum atomic E-state index is 13.8. The monoisotopic (exact) mass is 237 g/mol. The summed E-state index contributed by atoms with van der Waals surface area (Å²) in [6, 6.07) is 5.74. The van der Waals surface area contributed by atoms with Crippen molar-refractivity contribution in [2.45, 2.75) is 37.8 Å². The first-order valence-corrected chi connectivity index (χ1v) is 6.16. The summed E-state index contributed by atoms with van der Waals surface area (Å²) in [6.45, 7) is 2.14. The van der Waals surface area contributed by atoms with Crippen molar-refractivity contribution in [1.82, 2.24) is 0 Å². The molecular formula is C14H20FNO. The van der Waals surface area contributed by atoms with Gasteiger partial charge in [-0.05, 0) is 31.4 Å². The standard InChI is InChI=1S/C14H20FNO/c1-10(15)13-11(5-3-6-12(13)17-2)14(9-16)7-4-8-14/h3,5-6,10H,4,7-9,16H2,1-2H3. The fourth-order valence-corrected chi connectivity index (χ4v) is 2.78. The Morgan fingerprint density at radius 3 is 2.59 bits per heavy atom. The molecule has 1 aromatic rings. The van der Waals surface area contributed by atoms with E-state index in [9.17, 15) is 4.39 Å². The van der Waals surface area contributed by atoms with Crippen LogP contribution in [0.3, 0.4) is 0 Å². The Bertz CT molecular complexity index is 394. The number of hydrogen-bond acceptors (Lipinski definition) is 2. The summed E-state index contributed by atoms with van der Waals surface area (Å²) in [5, 5.41) is 0. The Hall–Kier alpha value is -1.09. The van der Waals surface area contributed by atoms with Gasteiger partial charge in [0, 0.05) is 17.5 Å². The summed E-state index contributed by atoms with van der Waals surface area (Å²) in [7, 11) is 1.58. The Morgan fingerprint density at radius 2 is 2.18 bits per heavy atom. The molecule has 1 fully saturated rings. The van der Waals surface area contributed by atoms with Crippen LogP contribution in [0.25, 0.3) is 0 Å². The summed E-state index contributed by atoms with van der Waals surface area (Å²) in [5.41, 5.74) is 7.60. The molecule has 1 aromatic carbocycles. The highest BCUT2D eigenvalue weighted by Crippen LogP contribution is 2.47. The smallest absolute Gasteiger partial charge is 0.126 e. The molecule has 0 amide bonds. The largest absolute Gasteiger partial charge is 0.496 e. The number of rotatable bonds is 4. The summed E-state index contributed by atoms with van der Waals surface area (Å²) in [6.07, 6.45) is 2.26. The van der Waals surface area contributed by atoms with Gasteiger partial charge in [0.15, 0.2) is 0 Å². The Morgan fingerprint density at radius 1 is 1.47 bits per heavy atom. The van der Waals surface area contributed by atoms with E-state index >= 15 is 0 Å². The van der Waals surface area contributed by atoms with Gasteiger partial charge in [-0.25, -0.2) is 4.39 Å². The highest BCUT2D eigenvalue weighted by molar-refractivity contribution is 5.46. The molecule has 17 heavy (non-hydrogen) atoms. The highest BCUT2D eigenvalue weighted by atomic mass is 19.1. The van der Waals surface area contributed by atoms with Crippen LogP contribution >= 0.6 is 0 Å². The quantitative estimate of drug-likeness (QED) is 0.873. The fourth-order valence-electron chi connectivity index (χ4n) is 2.78. The van der Waals surface area contributed by atoms with Crippen molar-refractivity contribution in [3.8, 4) is 5.75 Å². The predicted molar refractivity (Wildman–Crippen MR) is 67.1 cm³/mol. The van der Waals surface area contributed by atoms with E-state index in [1.54, 1.807) is 14.0 Å². The zero-order valence-electron chi connectivity index (χ0n) is 10.5. The lowest BCUT2D eigenvalue weighted by atomic mass is 9.63. The van der Waals surface area contributed by atoms with Crippen LogP contribution in [0.2, 0.25) is 0 Å². The van der Waals surface area contributed by atoms with Gasteiger partial charge in [0.1, 0.15) is 11.9 Å². The average Bonchev–Trinajstić information content (AvgIpc) is 2.27. The third-order valence-electron chi connectivity index (χ3n) is 3.96. The first-order valence-electron chi connectivity index (χ1n) is 6.16. The topological polar surface area (TPSA) is 35.2 Å². The number of benzene rings is 1. The first kappa shape index (κ1) is 12.4.